The number of aryl methyl sites for hydroxylation is 1. The number of carbonyl (C=O) groups excluding carboxylic acids is 1. The van der Waals surface area contributed by atoms with E-state index in [1.807, 2.05) is 0 Å². The Balaban J connectivity index is 0.00000261. The fourth-order valence-corrected chi connectivity index (χ4v) is 3.35. The van der Waals surface area contributed by atoms with Gasteiger partial charge in [0, 0.05) is 17.0 Å². The predicted octanol–water partition coefficient (Wildman–Crippen LogP) is 2.32. The van der Waals surface area contributed by atoms with Gasteiger partial charge in [0.05, 0.1) is 11.3 Å². The number of carbonyl (C=O) groups is 1. The number of hydrogen-bond donors (Lipinski definition) is 3. The van der Waals surface area contributed by atoms with Gasteiger partial charge in [-0.1, -0.05) is 6.07 Å². The summed E-state index contributed by atoms with van der Waals surface area (Å²) in [4.78, 5) is 24.8. The maximum Gasteiger partial charge on any atom is 0.260 e. The molecule has 9 heteroatoms. The molecular weight excluding hydrogens is 376 g/mol. The SMILES string of the molecule is Cc1ccc(O)c(C)c1-n1c(N)c(C(N)=O)cc(C2CC2C(F)F)c1=O.S. The van der Waals surface area contributed by atoms with Crippen LogP contribution in [-0.4, -0.2) is 22.0 Å². The average molecular weight is 397 g/mol. The van der Waals surface area contributed by atoms with Gasteiger partial charge in [-0.15, -0.1) is 0 Å². The number of alkyl halides is 2. The molecule has 1 saturated carbocycles. The summed E-state index contributed by atoms with van der Waals surface area (Å²) in [6, 6.07) is 4.29. The van der Waals surface area contributed by atoms with E-state index in [1.165, 1.54) is 12.1 Å². The first-order valence-electron chi connectivity index (χ1n) is 8.08. The number of rotatable bonds is 4. The Labute approximate surface area is 161 Å². The van der Waals surface area contributed by atoms with E-state index in [0.717, 1.165) is 4.57 Å². The molecule has 0 spiro atoms. The van der Waals surface area contributed by atoms with Crippen molar-refractivity contribution in [1.82, 2.24) is 4.57 Å². The van der Waals surface area contributed by atoms with Crippen molar-refractivity contribution in [3.63, 3.8) is 0 Å². The van der Waals surface area contributed by atoms with Crippen LogP contribution in [0.5, 0.6) is 5.75 Å². The number of phenols is 1. The Morgan fingerprint density at radius 3 is 2.48 bits per heavy atom. The van der Waals surface area contributed by atoms with Crippen LogP contribution < -0.4 is 17.0 Å². The standard InChI is InChI=1S/C18H19F2N3O3.H2S/c1-7-3-4-13(24)8(2)14(7)23-16(21)12(17(22)25)6-11(18(23)26)9-5-10(9)15(19)20;/h3-4,6,9-10,15,24H,5,21H2,1-2H3,(H2,22,25);1H2. The lowest BCUT2D eigenvalue weighted by Gasteiger charge is -2.19. The molecule has 1 fully saturated rings. The highest BCUT2D eigenvalue weighted by Gasteiger charge is 2.47. The lowest BCUT2D eigenvalue weighted by molar-refractivity contribution is 0.100. The third-order valence-corrected chi connectivity index (χ3v) is 4.92. The van der Waals surface area contributed by atoms with Crippen molar-refractivity contribution in [1.29, 1.82) is 0 Å². The second-order valence-electron chi connectivity index (χ2n) is 6.62. The minimum absolute atomic E-state index is 0. The number of nitrogens with two attached hydrogens (primary N) is 2. The van der Waals surface area contributed by atoms with Gasteiger partial charge >= 0.3 is 0 Å². The molecule has 1 aromatic carbocycles. The van der Waals surface area contributed by atoms with Crippen molar-refractivity contribution in [3.05, 3.63) is 50.8 Å². The highest BCUT2D eigenvalue weighted by Crippen LogP contribution is 2.50. The van der Waals surface area contributed by atoms with Crippen LogP contribution >= 0.6 is 13.5 Å². The number of amides is 1. The number of halogens is 2. The van der Waals surface area contributed by atoms with Gasteiger partial charge in [0.2, 0.25) is 6.43 Å². The number of nitrogen functional groups attached to an aromatic ring is 1. The van der Waals surface area contributed by atoms with Crippen LogP contribution in [0.15, 0.2) is 23.0 Å². The zero-order valence-corrected chi connectivity index (χ0v) is 15.8. The molecule has 0 saturated heterocycles. The van der Waals surface area contributed by atoms with Crippen LogP contribution in [0.1, 0.15) is 39.4 Å². The first-order chi connectivity index (χ1) is 12.1. The second-order valence-corrected chi connectivity index (χ2v) is 6.62. The van der Waals surface area contributed by atoms with E-state index in [4.69, 9.17) is 11.5 Å². The molecular formula is C18H21F2N3O3S. The van der Waals surface area contributed by atoms with E-state index in [2.05, 4.69) is 0 Å². The molecule has 146 valence electrons. The molecule has 1 amide bonds. The van der Waals surface area contributed by atoms with E-state index in [9.17, 15) is 23.5 Å². The van der Waals surface area contributed by atoms with Crippen molar-refractivity contribution in [2.45, 2.75) is 32.6 Å². The Hall–Kier alpha value is -2.55. The quantitative estimate of drug-likeness (QED) is 0.735. The fourth-order valence-electron chi connectivity index (χ4n) is 3.35. The molecule has 6 nitrogen and oxygen atoms in total. The summed E-state index contributed by atoms with van der Waals surface area (Å²) >= 11 is 0. The monoisotopic (exact) mass is 397 g/mol. The highest BCUT2D eigenvalue weighted by atomic mass is 32.1. The molecule has 5 N–H and O–H groups in total. The number of benzene rings is 1. The molecule has 0 radical (unpaired) electrons. The molecule has 27 heavy (non-hydrogen) atoms. The van der Waals surface area contributed by atoms with Crippen LogP contribution in [0.25, 0.3) is 5.69 Å². The van der Waals surface area contributed by atoms with Gasteiger partial charge in [0.1, 0.15) is 11.6 Å². The van der Waals surface area contributed by atoms with Crippen LogP contribution in [-0.2, 0) is 0 Å². The molecule has 3 rings (SSSR count). The summed E-state index contributed by atoms with van der Waals surface area (Å²) in [6.45, 7) is 3.31. The smallest absolute Gasteiger partial charge is 0.260 e. The molecule has 1 aromatic heterocycles. The van der Waals surface area contributed by atoms with E-state index < -0.39 is 29.7 Å². The van der Waals surface area contributed by atoms with Crippen LogP contribution in [0.4, 0.5) is 14.6 Å². The second kappa shape index (κ2) is 7.22. The first-order valence-corrected chi connectivity index (χ1v) is 8.08. The summed E-state index contributed by atoms with van der Waals surface area (Å²) in [7, 11) is 0. The van der Waals surface area contributed by atoms with Crippen molar-refractivity contribution >= 4 is 25.2 Å². The molecule has 0 aliphatic heterocycles. The number of aromatic nitrogens is 1. The van der Waals surface area contributed by atoms with Gasteiger partial charge in [-0.2, -0.15) is 13.5 Å². The predicted molar refractivity (Wildman–Crippen MR) is 103 cm³/mol. The van der Waals surface area contributed by atoms with E-state index in [1.54, 1.807) is 19.9 Å². The maximum absolute atomic E-state index is 13.0. The Kier molecular flexibility index (Phi) is 5.55. The molecule has 1 aliphatic rings. The van der Waals surface area contributed by atoms with Gasteiger partial charge in [0.15, 0.2) is 0 Å². The normalized spacial score (nSPS) is 18.3. The van der Waals surface area contributed by atoms with E-state index >= 15 is 0 Å². The summed E-state index contributed by atoms with van der Waals surface area (Å²) in [5.41, 5.74) is 12.1. The number of primary amides is 1. The zero-order valence-electron chi connectivity index (χ0n) is 14.8. The summed E-state index contributed by atoms with van der Waals surface area (Å²) in [6.07, 6.45) is -2.39. The largest absolute Gasteiger partial charge is 0.508 e. The minimum atomic E-state index is -2.55. The van der Waals surface area contributed by atoms with E-state index in [-0.39, 0.29) is 42.6 Å². The van der Waals surface area contributed by atoms with Crippen molar-refractivity contribution in [2.24, 2.45) is 11.7 Å². The third-order valence-electron chi connectivity index (χ3n) is 4.92. The number of anilines is 1. The number of aromatic hydroxyl groups is 1. The molecule has 1 aliphatic carbocycles. The minimum Gasteiger partial charge on any atom is -0.508 e. The first kappa shape index (κ1) is 20.8. The van der Waals surface area contributed by atoms with Crippen LogP contribution in [0.3, 0.4) is 0 Å². The topological polar surface area (TPSA) is 111 Å². The van der Waals surface area contributed by atoms with E-state index in [0.29, 0.717) is 16.8 Å². The van der Waals surface area contributed by atoms with Crippen LogP contribution in [0, 0.1) is 19.8 Å². The lowest BCUT2D eigenvalue weighted by atomic mass is 10.0. The Morgan fingerprint density at radius 1 is 1.33 bits per heavy atom. The number of hydrogen-bond acceptors (Lipinski definition) is 4. The van der Waals surface area contributed by atoms with Gasteiger partial charge in [-0.05, 0) is 43.9 Å². The average Bonchev–Trinajstić information content (AvgIpc) is 3.34. The maximum atomic E-state index is 13.0. The lowest BCUT2D eigenvalue weighted by Crippen LogP contribution is -2.30. The van der Waals surface area contributed by atoms with Gasteiger partial charge in [-0.25, -0.2) is 8.78 Å². The number of nitrogens with zero attached hydrogens (tertiary/aromatic N) is 1. The molecule has 2 unspecified atom stereocenters. The third kappa shape index (κ3) is 3.39. The van der Waals surface area contributed by atoms with Gasteiger partial charge in [0.25, 0.3) is 11.5 Å². The van der Waals surface area contributed by atoms with Gasteiger partial charge in [-0.3, -0.25) is 14.2 Å². The molecule has 2 aromatic rings. The molecule has 2 atom stereocenters. The summed E-state index contributed by atoms with van der Waals surface area (Å²) in [5.74, 6) is -2.67. The molecule has 1 heterocycles. The fraction of sp³-hybridized carbons (Fsp3) is 0.333. The Bertz CT molecular complexity index is 975. The summed E-state index contributed by atoms with van der Waals surface area (Å²) in [5, 5.41) is 10.0. The molecule has 0 bridgehead atoms. The highest BCUT2D eigenvalue weighted by molar-refractivity contribution is 7.59. The van der Waals surface area contributed by atoms with Crippen molar-refractivity contribution in [2.75, 3.05) is 5.73 Å². The zero-order chi connectivity index (χ0) is 19.3. The van der Waals surface area contributed by atoms with Gasteiger partial charge < -0.3 is 16.6 Å². The van der Waals surface area contributed by atoms with Crippen LogP contribution in [0.2, 0.25) is 0 Å². The van der Waals surface area contributed by atoms with Crippen molar-refractivity contribution < 1.29 is 18.7 Å². The Morgan fingerprint density at radius 2 is 1.96 bits per heavy atom. The number of pyridine rings is 1. The van der Waals surface area contributed by atoms with Crippen molar-refractivity contribution in [3.8, 4) is 11.4 Å². The summed E-state index contributed by atoms with van der Waals surface area (Å²) < 4.78 is 27.0. The number of phenolic OH excluding ortho intramolecular Hbond substituents is 1.